The van der Waals surface area contributed by atoms with Gasteiger partial charge in [0.15, 0.2) is 0 Å². The molecule has 17 heavy (non-hydrogen) atoms. The maximum Gasteiger partial charge on any atom is 0.0438 e. The van der Waals surface area contributed by atoms with Gasteiger partial charge in [-0.15, -0.1) is 11.3 Å². The summed E-state index contributed by atoms with van der Waals surface area (Å²) < 4.78 is 0. The smallest absolute Gasteiger partial charge is 0.0438 e. The van der Waals surface area contributed by atoms with Crippen molar-refractivity contribution >= 4 is 11.3 Å². The average molecular weight is 253 g/mol. The van der Waals surface area contributed by atoms with Gasteiger partial charge < -0.3 is 5.32 Å². The van der Waals surface area contributed by atoms with Crippen LogP contribution in [0.3, 0.4) is 0 Å². The molecule has 0 aliphatic carbocycles. The predicted octanol–water partition coefficient (Wildman–Crippen LogP) is 5.01. The highest BCUT2D eigenvalue weighted by molar-refractivity contribution is 7.10. The third-order valence-corrected chi connectivity index (χ3v) is 4.12. The van der Waals surface area contributed by atoms with Crippen LogP contribution >= 0.6 is 11.3 Å². The van der Waals surface area contributed by atoms with E-state index in [2.05, 4.69) is 43.6 Å². The molecule has 0 saturated heterocycles. The van der Waals surface area contributed by atoms with Crippen LogP contribution in [0.25, 0.3) is 0 Å². The Morgan fingerprint density at radius 3 is 2.53 bits per heavy atom. The molecule has 98 valence electrons. The van der Waals surface area contributed by atoms with Crippen LogP contribution in [0.1, 0.15) is 63.8 Å². The molecule has 1 rings (SSSR count). The molecular formula is C15H27NS. The summed E-state index contributed by atoms with van der Waals surface area (Å²) in [6.45, 7) is 8.03. The molecule has 2 heteroatoms. The first-order chi connectivity index (χ1) is 8.25. The summed E-state index contributed by atoms with van der Waals surface area (Å²) in [5.41, 5.74) is 0. The molecule has 1 aromatic rings. The van der Waals surface area contributed by atoms with Crippen molar-refractivity contribution in [1.82, 2.24) is 5.32 Å². The second-order valence-electron chi connectivity index (χ2n) is 5.11. The molecule has 0 aliphatic heterocycles. The molecule has 0 aromatic carbocycles. The molecule has 1 aromatic heterocycles. The van der Waals surface area contributed by atoms with E-state index in [1.54, 1.807) is 0 Å². The fourth-order valence-electron chi connectivity index (χ4n) is 2.12. The lowest BCUT2D eigenvalue weighted by molar-refractivity contribution is 0.410. The molecule has 0 fully saturated rings. The molecule has 0 saturated carbocycles. The largest absolute Gasteiger partial charge is 0.309 e. The van der Waals surface area contributed by atoms with Crippen LogP contribution in [0.2, 0.25) is 0 Å². The number of rotatable bonds is 9. The van der Waals surface area contributed by atoms with Crippen LogP contribution in [0.15, 0.2) is 17.5 Å². The summed E-state index contributed by atoms with van der Waals surface area (Å²) in [6, 6.07) is 4.94. The first-order valence-corrected chi connectivity index (χ1v) is 7.90. The zero-order valence-corrected chi connectivity index (χ0v) is 12.4. The maximum atomic E-state index is 3.71. The zero-order valence-electron chi connectivity index (χ0n) is 11.5. The van der Waals surface area contributed by atoms with E-state index in [0.29, 0.717) is 12.0 Å². The van der Waals surface area contributed by atoms with E-state index in [1.807, 2.05) is 11.3 Å². The Labute approximate surface area is 111 Å². The Bertz CT molecular complexity index is 266. The van der Waals surface area contributed by atoms with E-state index in [0.717, 1.165) is 6.54 Å². The molecule has 0 aliphatic rings. The fraction of sp³-hybridized carbons (Fsp3) is 0.733. The summed E-state index contributed by atoms with van der Waals surface area (Å²) in [5.74, 6) is 0.671. The zero-order chi connectivity index (χ0) is 12.5. The minimum Gasteiger partial charge on any atom is -0.309 e. The summed E-state index contributed by atoms with van der Waals surface area (Å²) in [5, 5.41) is 5.88. The van der Waals surface area contributed by atoms with Gasteiger partial charge in [0.05, 0.1) is 0 Å². The Balaban J connectivity index is 2.22. The van der Waals surface area contributed by atoms with Crippen molar-refractivity contribution in [2.45, 2.75) is 58.9 Å². The first kappa shape index (κ1) is 14.7. The molecule has 1 unspecified atom stereocenters. The molecule has 1 N–H and O–H groups in total. The van der Waals surface area contributed by atoms with Gasteiger partial charge in [0.2, 0.25) is 0 Å². The highest BCUT2D eigenvalue weighted by atomic mass is 32.1. The number of hydrogen-bond acceptors (Lipinski definition) is 2. The Morgan fingerprint density at radius 1 is 1.18 bits per heavy atom. The van der Waals surface area contributed by atoms with Crippen LogP contribution < -0.4 is 5.32 Å². The molecule has 1 heterocycles. The van der Waals surface area contributed by atoms with Gasteiger partial charge in [-0.3, -0.25) is 0 Å². The molecular weight excluding hydrogens is 226 g/mol. The quantitative estimate of drug-likeness (QED) is 0.610. The lowest BCUT2D eigenvalue weighted by atomic mass is 10.0. The second-order valence-corrected chi connectivity index (χ2v) is 6.08. The monoisotopic (exact) mass is 253 g/mol. The number of thiophene rings is 1. The Kier molecular flexibility index (Phi) is 7.54. The van der Waals surface area contributed by atoms with Crippen molar-refractivity contribution in [1.29, 1.82) is 0 Å². The molecule has 0 amide bonds. The van der Waals surface area contributed by atoms with Gasteiger partial charge in [-0.2, -0.15) is 0 Å². The van der Waals surface area contributed by atoms with Crippen LogP contribution in [0, 0.1) is 5.92 Å². The summed E-state index contributed by atoms with van der Waals surface area (Å²) in [6.07, 6.45) is 6.80. The predicted molar refractivity (Wildman–Crippen MR) is 78.7 cm³/mol. The average Bonchev–Trinajstić information content (AvgIpc) is 2.81. The van der Waals surface area contributed by atoms with Crippen LogP contribution in [0.4, 0.5) is 0 Å². The molecule has 1 nitrogen and oxygen atoms in total. The summed E-state index contributed by atoms with van der Waals surface area (Å²) in [4.78, 5) is 1.48. The van der Waals surface area contributed by atoms with Gasteiger partial charge in [-0.1, -0.05) is 52.5 Å². The van der Waals surface area contributed by atoms with Gasteiger partial charge in [0, 0.05) is 10.9 Å². The van der Waals surface area contributed by atoms with Crippen molar-refractivity contribution in [3.8, 4) is 0 Å². The van der Waals surface area contributed by atoms with E-state index in [-0.39, 0.29) is 0 Å². The van der Waals surface area contributed by atoms with E-state index < -0.39 is 0 Å². The maximum absolute atomic E-state index is 3.71. The van der Waals surface area contributed by atoms with E-state index in [1.165, 1.54) is 37.0 Å². The van der Waals surface area contributed by atoms with E-state index in [9.17, 15) is 0 Å². The molecule has 1 atom stereocenters. The van der Waals surface area contributed by atoms with E-state index in [4.69, 9.17) is 0 Å². The minimum absolute atomic E-state index is 0.543. The summed E-state index contributed by atoms with van der Waals surface area (Å²) >= 11 is 1.87. The SMILES string of the molecule is CCCCCCCNC(c1cccs1)C(C)C. The number of unbranched alkanes of at least 4 members (excludes halogenated alkanes) is 4. The van der Waals surface area contributed by atoms with Crippen molar-refractivity contribution in [2.24, 2.45) is 5.92 Å². The Morgan fingerprint density at radius 2 is 1.94 bits per heavy atom. The fourth-order valence-corrected chi connectivity index (χ4v) is 3.09. The van der Waals surface area contributed by atoms with Crippen LogP contribution in [-0.4, -0.2) is 6.54 Å². The minimum atomic E-state index is 0.543. The third kappa shape index (κ3) is 5.69. The highest BCUT2D eigenvalue weighted by Gasteiger charge is 2.15. The van der Waals surface area contributed by atoms with E-state index >= 15 is 0 Å². The van der Waals surface area contributed by atoms with Crippen molar-refractivity contribution < 1.29 is 0 Å². The second kappa shape index (κ2) is 8.71. The van der Waals surface area contributed by atoms with Gasteiger partial charge >= 0.3 is 0 Å². The highest BCUT2D eigenvalue weighted by Crippen LogP contribution is 2.25. The van der Waals surface area contributed by atoms with Gasteiger partial charge in [0.1, 0.15) is 0 Å². The van der Waals surface area contributed by atoms with Crippen molar-refractivity contribution in [3.63, 3.8) is 0 Å². The lowest BCUT2D eigenvalue weighted by Gasteiger charge is -2.21. The van der Waals surface area contributed by atoms with Crippen LogP contribution in [0.5, 0.6) is 0 Å². The third-order valence-electron chi connectivity index (χ3n) is 3.16. The van der Waals surface area contributed by atoms with Gasteiger partial charge in [-0.05, 0) is 30.3 Å². The van der Waals surface area contributed by atoms with Crippen LogP contribution in [-0.2, 0) is 0 Å². The molecule has 0 spiro atoms. The molecule has 0 bridgehead atoms. The lowest BCUT2D eigenvalue weighted by Crippen LogP contribution is -2.25. The van der Waals surface area contributed by atoms with Gasteiger partial charge in [0.25, 0.3) is 0 Å². The topological polar surface area (TPSA) is 12.0 Å². The van der Waals surface area contributed by atoms with Crippen molar-refractivity contribution in [3.05, 3.63) is 22.4 Å². The standard InChI is InChI=1S/C15H27NS/c1-4-5-6-7-8-11-16-15(13(2)3)14-10-9-12-17-14/h9-10,12-13,15-16H,4-8,11H2,1-3H3. The first-order valence-electron chi connectivity index (χ1n) is 7.02. The number of nitrogens with one attached hydrogen (secondary N) is 1. The summed E-state index contributed by atoms with van der Waals surface area (Å²) in [7, 11) is 0. The molecule has 0 radical (unpaired) electrons. The normalized spacial score (nSPS) is 13.2. The number of hydrogen-bond donors (Lipinski definition) is 1. The Hall–Kier alpha value is -0.340. The van der Waals surface area contributed by atoms with Gasteiger partial charge in [-0.25, -0.2) is 0 Å². The van der Waals surface area contributed by atoms with Crippen molar-refractivity contribution in [2.75, 3.05) is 6.54 Å².